The molecule has 2 heterocycles. The standard InChI is InChI=1S/C32H32N2/c1-3-4-10-31-23(2)30(27-8-5-7-26(20-27)29-17-19-34-22-29)15-16-32(31)25-13-11-24(12-14-25)28-9-6-18-33-21-28/h4-11,13,17-18,20-22H,3,12,14-16,19H2,1-2H3/b10-4-. The Balaban J connectivity index is 1.52. The van der Waals surface area contributed by atoms with E-state index in [1.54, 1.807) is 0 Å². The second-order valence-corrected chi connectivity index (χ2v) is 9.17. The predicted octanol–water partition coefficient (Wildman–Crippen LogP) is 8.18. The van der Waals surface area contributed by atoms with Gasteiger partial charge in [-0.3, -0.25) is 9.98 Å². The molecular weight excluding hydrogens is 412 g/mol. The van der Waals surface area contributed by atoms with Gasteiger partial charge in [0.1, 0.15) is 0 Å². The summed E-state index contributed by atoms with van der Waals surface area (Å²) in [6.07, 6.45) is 22.7. The van der Waals surface area contributed by atoms with Crippen LogP contribution >= 0.6 is 0 Å². The predicted molar refractivity (Wildman–Crippen MR) is 146 cm³/mol. The fourth-order valence-corrected chi connectivity index (χ4v) is 5.23. The van der Waals surface area contributed by atoms with Gasteiger partial charge in [0.25, 0.3) is 0 Å². The molecule has 0 atom stereocenters. The van der Waals surface area contributed by atoms with Crippen LogP contribution in [-0.2, 0) is 0 Å². The molecule has 0 spiro atoms. The minimum absolute atomic E-state index is 0.797. The van der Waals surface area contributed by atoms with E-state index in [1.807, 2.05) is 24.7 Å². The van der Waals surface area contributed by atoms with Gasteiger partial charge in [0.15, 0.2) is 0 Å². The number of nitrogens with zero attached hydrogens (tertiary/aromatic N) is 2. The first-order valence-corrected chi connectivity index (χ1v) is 12.5. The SMILES string of the molecule is CC/C=C\C1=C(C2=CC=C(c3cccnc3)CC2)CCC(c2cccc(C3=CCN=C3)c2)=C1C. The molecule has 0 saturated heterocycles. The maximum absolute atomic E-state index is 4.37. The first-order valence-electron chi connectivity index (χ1n) is 12.5. The number of hydrogen-bond acceptors (Lipinski definition) is 2. The van der Waals surface area contributed by atoms with Gasteiger partial charge >= 0.3 is 0 Å². The Morgan fingerprint density at radius 1 is 0.882 bits per heavy atom. The summed E-state index contributed by atoms with van der Waals surface area (Å²) >= 11 is 0. The molecule has 0 fully saturated rings. The Morgan fingerprint density at radius 2 is 1.68 bits per heavy atom. The van der Waals surface area contributed by atoms with Crippen LogP contribution in [0.15, 0.2) is 106 Å². The first kappa shape index (κ1) is 22.3. The van der Waals surface area contributed by atoms with Gasteiger partial charge in [-0.15, -0.1) is 0 Å². The van der Waals surface area contributed by atoms with Crippen molar-refractivity contribution in [2.75, 3.05) is 6.54 Å². The highest BCUT2D eigenvalue weighted by molar-refractivity contribution is 6.11. The summed E-state index contributed by atoms with van der Waals surface area (Å²) in [6, 6.07) is 13.2. The van der Waals surface area contributed by atoms with Gasteiger partial charge in [-0.05, 0) is 107 Å². The van der Waals surface area contributed by atoms with Crippen molar-refractivity contribution in [3.05, 3.63) is 118 Å². The summed E-state index contributed by atoms with van der Waals surface area (Å²) < 4.78 is 0. The quantitative estimate of drug-likeness (QED) is 0.441. The van der Waals surface area contributed by atoms with Gasteiger partial charge in [0.05, 0.1) is 6.54 Å². The summed E-state index contributed by atoms with van der Waals surface area (Å²) in [5, 5.41) is 0. The molecule has 0 radical (unpaired) electrons. The van der Waals surface area contributed by atoms with Crippen molar-refractivity contribution in [1.82, 2.24) is 4.98 Å². The third-order valence-electron chi connectivity index (χ3n) is 7.09. The molecule has 5 rings (SSSR count). The van der Waals surface area contributed by atoms with E-state index in [9.17, 15) is 0 Å². The normalized spacial score (nSPS) is 18.5. The Morgan fingerprint density at radius 3 is 2.41 bits per heavy atom. The van der Waals surface area contributed by atoms with E-state index < -0.39 is 0 Å². The molecule has 0 N–H and O–H groups in total. The fourth-order valence-electron chi connectivity index (χ4n) is 5.23. The first-order chi connectivity index (χ1) is 16.7. The van der Waals surface area contributed by atoms with E-state index in [4.69, 9.17) is 0 Å². The van der Waals surface area contributed by atoms with Crippen LogP contribution in [0.2, 0.25) is 0 Å². The van der Waals surface area contributed by atoms with E-state index in [-0.39, 0.29) is 0 Å². The van der Waals surface area contributed by atoms with Crippen molar-refractivity contribution in [3.8, 4) is 0 Å². The Kier molecular flexibility index (Phi) is 6.67. The molecule has 1 aliphatic heterocycles. The molecular formula is C32H32N2. The van der Waals surface area contributed by atoms with Gasteiger partial charge < -0.3 is 0 Å². The summed E-state index contributed by atoms with van der Waals surface area (Å²) in [7, 11) is 0. The summed E-state index contributed by atoms with van der Waals surface area (Å²) in [5.41, 5.74) is 13.8. The van der Waals surface area contributed by atoms with Crippen molar-refractivity contribution in [2.24, 2.45) is 4.99 Å². The van der Waals surface area contributed by atoms with Gasteiger partial charge in [0.2, 0.25) is 0 Å². The molecule has 3 aliphatic rings. The molecule has 0 unspecified atom stereocenters. The summed E-state index contributed by atoms with van der Waals surface area (Å²) in [5.74, 6) is 0. The number of allylic oxidation sites excluding steroid dienone is 11. The third-order valence-corrected chi connectivity index (χ3v) is 7.09. The zero-order valence-electron chi connectivity index (χ0n) is 20.2. The van der Waals surface area contributed by atoms with Crippen molar-refractivity contribution in [3.63, 3.8) is 0 Å². The molecule has 0 bridgehead atoms. The highest BCUT2D eigenvalue weighted by atomic mass is 14.7. The lowest BCUT2D eigenvalue weighted by molar-refractivity contribution is 0.894. The number of aliphatic imine (C=N–C) groups is 1. The fraction of sp³-hybridized carbons (Fsp3) is 0.250. The number of benzene rings is 1. The second-order valence-electron chi connectivity index (χ2n) is 9.17. The summed E-state index contributed by atoms with van der Waals surface area (Å²) in [4.78, 5) is 8.67. The average molecular weight is 445 g/mol. The zero-order chi connectivity index (χ0) is 23.3. The molecule has 170 valence electrons. The van der Waals surface area contributed by atoms with Crippen molar-refractivity contribution in [1.29, 1.82) is 0 Å². The smallest absolute Gasteiger partial charge is 0.0580 e. The van der Waals surface area contributed by atoms with E-state index >= 15 is 0 Å². The van der Waals surface area contributed by atoms with Crippen molar-refractivity contribution >= 4 is 22.9 Å². The highest BCUT2D eigenvalue weighted by Crippen LogP contribution is 2.42. The molecule has 2 nitrogen and oxygen atoms in total. The van der Waals surface area contributed by atoms with Crippen LogP contribution in [0.1, 0.15) is 62.6 Å². The monoisotopic (exact) mass is 444 g/mol. The molecule has 2 aliphatic carbocycles. The average Bonchev–Trinajstić information content (AvgIpc) is 3.44. The molecule has 1 aromatic heterocycles. The minimum Gasteiger partial charge on any atom is -0.288 e. The minimum atomic E-state index is 0.797. The number of hydrogen-bond donors (Lipinski definition) is 0. The van der Waals surface area contributed by atoms with Crippen LogP contribution in [0.4, 0.5) is 0 Å². The Labute approximate surface area is 203 Å². The highest BCUT2D eigenvalue weighted by Gasteiger charge is 2.22. The number of rotatable bonds is 6. The maximum atomic E-state index is 4.37. The van der Waals surface area contributed by atoms with Gasteiger partial charge in [-0.1, -0.05) is 61.6 Å². The van der Waals surface area contributed by atoms with E-state index in [0.29, 0.717) is 0 Å². The number of aromatic nitrogens is 1. The van der Waals surface area contributed by atoms with Gasteiger partial charge in [-0.2, -0.15) is 0 Å². The number of pyridine rings is 1. The topological polar surface area (TPSA) is 25.2 Å². The molecule has 0 amide bonds. The van der Waals surface area contributed by atoms with Crippen LogP contribution in [0.3, 0.4) is 0 Å². The Bertz CT molecular complexity index is 1290. The molecule has 2 heteroatoms. The van der Waals surface area contributed by atoms with Gasteiger partial charge in [-0.25, -0.2) is 0 Å². The molecule has 0 saturated carbocycles. The lowest BCUT2D eigenvalue weighted by atomic mass is 9.78. The van der Waals surface area contributed by atoms with E-state index in [1.165, 1.54) is 55.7 Å². The van der Waals surface area contributed by atoms with Gasteiger partial charge in [0, 0.05) is 18.6 Å². The largest absolute Gasteiger partial charge is 0.288 e. The lowest BCUT2D eigenvalue weighted by Crippen LogP contribution is -2.07. The molecule has 1 aromatic carbocycles. The van der Waals surface area contributed by atoms with Crippen LogP contribution in [0, 0.1) is 0 Å². The zero-order valence-corrected chi connectivity index (χ0v) is 20.2. The van der Waals surface area contributed by atoms with Crippen LogP contribution in [0.5, 0.6) is 0 Å². The van der Waals surface area contributed by atoms with Crippen LogP contribution in [0.25, 0.3) is 16.7 Å². The lowest BCUT2D eigenvalue weighted by Gasteiger charge is -2.27. The van der Waals surface area contributed by atoms with E-state index in [2.05, 4.69) is 84.5 Å². The van der Waals surface area contributed by atoms with E-state index in [0.717, 1.165) is 38.6 Å². The molecule has 2 aromatic rings. The van der Waals surface area contributed by atoms with Crippen LogP contribution in [-0.4, -0.2) is 17.7 Å². The Hall–Kier alpha value is -3.52. The van der Waals surface area contributed by atoms with Crippen molar-refractivity contribution < 1.29 is 0 Å². The van der Waals surface area contributed by atoms with Crippen molar-refractivity contribution in [2.45, 2.75) is 46.0 Å². The van der Waals surface area contributed by atoms with Crippen LogP contribution < -0.4 is 0 Å². The third kappa shape index (κ3) is 4.59. The maximum Gasteiger partial charge on any atom is 0.0580 e. The molecule has 34 heavy (non-hydrogen) atoms. The second kappa shape index (κ2) is 10.2. The summed E-state index contributed by atoms with van der Waals surface area (Å²) in [6.45, 7) is 5.32.